The number of rotatable bonds is 6. The van der Waals surface area contributed by atoms with Crippen LogP contribution in [0.4, 0.5) is 5.69 Å². The SMILES string of the molecule is CO/N=C(\CC(=O)N=C(N)Cc1cc(Cl)c(N)c(Cl)c1)c1ccccc1. The fraction of sp³-hybridized carbons (Fsp3) is 0.167. The van der Waals surface area contributed by atoms with Gasteiger partial charge in [0.2, 0.25) is 0 Å². The molecule has 2 rings (SSSR count). The zero-order chi connectivity index (χ0) is 19.1. The van der Waals surface area contributed by atoms with Crippen molar-refractivity contribution in [2.45, 2.75) is 12.8 Å². The van der Waals surface area contributed by atoms with Gasteiger partial charge >= 0.3 is 0 Å². The largest absolute Gasteiger partial charge is 0.399 e. The summed E-state index contributed by atoms with van der Waals surface area (Å²) in [6, 6.07) is 12.5. The number of hydrogen-bond donors (Lipinski definition) is 2. The van der Waals surface area contributed by atoms with Gasteiger partial charge in [0.15, 0.2) is 0 Å². The van der Waals surface area contributed by atoms with E-state index in [2.05, 4.69) is 10.1 Å². The first kappa shape index (κ1) is 19.8. The summed E-state index contributed by atoms with van der Waals surface area (Å²) in [5.74, 6) is -0.300. The van der Waals surface area contributed by atoms with Gasteiger partial charge in [-0.1, -0.05) is 58.7 Å². The van der Waals surface area contributed by atoms with Gasteiger partial charge in [0.05, 0.1) is 27.9 Å². The molecule has 0 spiro atoms. The number of amidine groups is 1. The van der Waals surface area contributed by atoms with Gasteiger partial charge in [0.1, 0.15) is 12.9 Å². The lowest BCUT2D eigenvalue weighted by Crippen LogP contribution is -2.19. The van der Waals surface area contributed by atoms with Crippen molar-refractivity contribution in [2.75, 3.05) is 12.8 Å². The lowest BCUT2D eigenvalue weighted by molar-refractivity contribution is -0.116. The van der Waals surface area contributed by atoms with Crippen molar-refractivity contribution in [3.05, 3.63) is 63.6 Å². The standard InChI is InChI=1S/C18H18Cl2N4O2/c1-26-24-15(12-5-3-2-4-6-12)10-17(25)23-16(21)9-11-7-13(19)18(22)14(20)8-11/h2-8H,9-10,22H2,1H3,(H2,21,23,25)/b24-15+. The number of oxime groups is 1. The predicted octanol–water partition coefficient (Wildman–Crippen LogP) is 3.44. The van der Waals surface area contributed by atoms with Crippen molar-refractivity contribution in [2.24, 2.45) is 15.9 Å². The van der Waals surface area contributed by atoms with Crippen molar-refractivity contribution in [1.29, 1.82) is 0 Å². The van der Waals surface area contributed by atoms with Gasteiger partial charge in [0, 0.05) is 6.42 Å². The first-order valence-corrected chi connectivity index (χ1v) is 8.41. The van der Waals surface area contributed by atoms with Crippen LogP contribution in [-0.4, -0.2) is 24.6 Å². The van der Waals surface area contributed by atoms with Crippen molar-refractivity contribution in [3.63, 3.8) is 0 Å². The van der Waals surface area contributed by atoms with E-state index in [1.807, 2.05) is 30.3 Å². The molecule has 0 aromatic heterocycles. The lowest BCUT2D eigenvalue weighted by atomic mass is 10.1. The van der Waals surface area contributed by atoms with Crippen LogP contribution in [0.15, 0.2) is 52.6 Å². The highest BCUT2D eigenvalue weighted by atomic mass is 35.5. The van der Waals surface area contributed by atoms with E-state index in [1.54, 1.807) is 12.1 Å². The molecule has 4 N–H and O–H groups in total. The highest BCUT2D eigenvalue weighted by Crippen LogP contribution is 2.28. The summed E-state index contributed by atoms with van der Waals surface area (Å²) in [5, 5.41) is 4.54. The maximum absolute atomic E-state index is 12.2. The summed E-state index contributed by atoms with van der Waals surface area (Å²) < 4.78 is 0. The second-order valence-corrected chi connectivity index (χ2v) is 6.22. The van der Waals surface area contributed by atoms with Crippen LogP contribution in [0.1, 0.15) is 17.5 Å². The van der Waals surface area contributed by atoms with Gasteiger partial charge in [-0.25, -0.2) is 4.99 Å². The number of aliphatic imine (C=N–C) groups is 1. The first-order chi connectivity index (χ1) is 12.4. The number of amides is 1. The van der Waals surface area contributed by atoms with E-state index in [9.17, 15) is 4.79 Å². The maximum atomic E-state index is 12.2. The monoisotopic (exact) mass is 392 g/mol. The second-order valence-electron chi connectivity index (χ2n) is 5.41. The zero-order valence-electron chi connectivity index (χ0n) is 14.1. The molecule has 1 amide bonds. The fourth-order valence-corrected chi connectivity index (χ4v) is 2.79. The lowest BCUT2D eigenvalue weighted by Gasteiger charge is -2.07. The molecule has 0 aliphatic heterocycles. The number of hydrogen-bond acceptors (Lipinski definition) is 4. The number of carbonyl (C=O) groups is 1. The van der Waals surface area contributed by atoms with Gasteiger partial charge in [0.25, 0.3) is 5.91 Å². The summed E-state index contributed by atoms with van der Waals surface area (Å²) in [5.41, 5.74) is 13.8. The van der Waals surface area contributed by atoms with Crippen LogP contribution in [0.25, 0.3) is 0 Å². The molecule has 2 aromatic carbocycles. The Kier molecular flexibility index (Phi) is 7.00. The smallest absolute Gasteiger partial charge is 0.253 e. The molecule has 0 saturated heterocycles. The number of benzene rings is 2. The summed E-state index contributed by atoms with van der Waals surface area (Å²) in [6.45, 7) is 0. The van der Waals surface area contributed by atoms with E-state index in [0.717, 1.165) is 5.56 Å². The number of anilines is 1. The molecule has 0 fully saturated rings. The molecule has 0 unspecified atom stereocenters. The molecule has 2 aromatic rings. The Morgan fingerprint density at radius 2 is 1.77 bits per heavy atom. The van der Waals surface area contributed by atoms with Gasteiger partial charge in [-0.15, -0.1) is 0 Å². The molecule has 0 bridgehead atoms. The first-order valence-electron chi connectivity index (χ1n) is 7.65. The van der Waals surface area contributed by atoms with Crippen LogP contribution in [-0.2, 0) is 16.1 Å². The molecule has 0 aliphatic rings. The Balaban J connectivity index is 2.10. The van der Waals surface area contributed by atoms with Crippen LogP contribution >= 0.6 is 23.2 Å². The highest BCUT2D eigenvalue weighted by Gasteiger charge is 2.12. The molecular formula is C18H18Cl2N4O2. The molecule has 8 heteroatoms. The predicted molar refractivity (Wildman–Crippen MR) is 106 cm³/mol. The summed E-state index contributed by atoms with van der Waals surface area (Å²) >= 11 is 12.0. The number of carbonyl (C=O) groups excluding carboxylic acids is 1. The number of nitrogens with two attached hydrogens (primary N) is 2. The highest BCUT2D eigenvalue weighted by molar-refractivity contribution is 6.39. The van der Waals surface area contributed by atoms with Gasteiger partial charge < -0.3 is 16.3 Å². The van der Waals surface area contributed by atoms with E-state index < -0.39 is 5.91 Å². The molecule has 0 atom stereocenters. The zero-order valence-corrected chi connectivity index (χ0v) is 15.6. The van der Waals surface area contributed by atoms with Gasteiger partial charge in [-0.05, 0) is 23.3 Å². The van der Waals surface area contributed by atoms with E-state index >= 15 is 0 Å². The average Bonchev–Trinajstić information content (AvgIpc) is 2.59. The Morgan fingerprint density at radius 1 is 1.15 bits per heavy atom. The molecule has 0 radical (unpaired) electrons. The van der Waals surface area contributed by atoms with Crippen molar-refractivity contribution in [3.8, 4) is 0 Å². The third kappa shape index (κ3) is 5.47. The molecule has 0 heterocycles. The molecule has 136 valence electrons. The van der Waals surface area contributed by atoms with Gasteiger partial charge in [-0.2, -0.15) is 0 Å². The summed E-state index contributed by atoms with van der Waals surface area (Å²) in [6.07, 6.45) is 0.176. The van der Waals surface area contributed by atoms with E-state index in [4.69, 9.17) is 39.5 Å². The maximum Gasteiger partial charge on any atom is 0.253 e. The molecule has 6 nitrogen and oxygen atoms in total. The summed E-state index contributed by atoms with van der Waals surface area (Å²) in [4.78, 5) is 20.9. The third-order valence-electron chi connectivity index (χ3n) is 3.42. The molecule has 0 aliphatic carbocycles. The molecule has 0 saturated carbocycles. The van der Waals surface area contributed by atoms with Crippen LogP contribution in [0.3, 0.4) is 0 Å². The minimum atomic E-state index is -0.435. The van der Waals surface area contributed by atoms with E-state index in [1.165, 1.54) is 7.11 Å². The average molecular weight is 393 g/mol. The second kappa shape index (κ2) is 9.22. The van der Waals surface area contributed by atoms with E-state index in [0.29, 0.717) is 27.0 Å². The van der Waals surface area contributed by atoms with Gasteiger partial charge in [-0.3, -0.25) is 4.79 Å². The quantitative estimate of drug-likeness (QED) is 0.340. The van der Waals surface area contributed by atoms with Crippen LogP contribution in [0, 0.1) is 0 Å². The Morgan fingerprint density at radius 3 is 2.35 bits per heavy atom. The van der Waals surface area contributed by atoms with Crippen LogP contribution in [0.5, 0.6) is 0 Å². The number of nitrogen functional groups attached to an aromatic ring is 1. The minimum absolute atomic E-state index is 0.0399. The topological polar surface area (TPSA) is 103 Å². The Hall–Kier alpha value is -2.57. The van der Waals surface area contributed by atoms with Crippen molar-refractivity contribution in [1.82, 2.24) is 0 Å². The number of nitrogens with zero attached hydrogens (tertiary/aromatic N) is 2. The Bertz CT molecular complexity index is 829. The number of halogens is 2. The van der Waals surface area contributed by atoms with E-state index in [-0.39, 0.29) is 18.7 Å². The van der Waals surface area contributed by atoms with Crippen molar-refractivity contribution >= 4 is 46.3 Å². The van der Waals surface area contributed by atoms with Crippen LogP contribution < -0.4 is 11.5 Å². The summed E-state index contributed by atoms with van der Waals surface area (Å²) in [7, 11) is 1.42. The minimum Gasteiger partial charge on any atom is -0.399 e. The van der Waals surface area contributed by atoms with Crippen molar-refractivity contribution < 1.29 is 9.63 Å². The molecular weight excluding hydrogens is 375 g/mol. The normalized spacial score (nSPS) is 12.1. The fourth-order valence-electron chi connectivity index (χ4n) is 2.26. The Labute approximate surface area is 161 Å². The third-order valence-corrected chi connectivity index (χ3v) is 4.04. The van der Waals surface area contributed by atoms with Crippen LogP contribution in [0.2, 0.25) is 10.0 Å². The molecule has 26 heavy (non-hydrogen) atoms.